The number of rotatable bonds is 1. The minimum atomic E-state index is -3.31. The molecule has 2 aliphatic rings. The van der Waals surface area contributed by atoms with Gasteiger partial charge in [0.1, 0.15) is 0 Å². The summed E-state index contributed by atoms with van der Waals surface area (Å²) in [4.78, 5) is 0. The molecule has 2 rings (SSSR count). The molecule has 0 amide bonds. The maximum Gasteiger partial charge on any atom is 0.476 e. The molecule has 0 aromatic rings. The third-order valence-electron chi connectivity index (χ3n) is 1.94. The fourth-order valence-electron chi connectivity index (χ4n) is 1.33. The highest BCUT2D eigenvalue weighted by Crippen LogP contribution is 2.56. The Balaban J connectivity index is 2.22. The minimum Gasteiger partial charge on any atom is -0.283 e. The zero-order chi connectivity index (χ0) is 9.31. The fraction of sp³-hybridized carbons (Fsp3) is 0.500. The lowest BCUT2D eigenvalue weighted by Gasteiger charge is -2.29. The van der Waals surface area contributed by atoms with E-state index in [9.17, 15) is 4.57 Å². The van der Waals surface area contributed by atoms with Crippen molar-refractivity contribution in [1.82, 2.24) is 0 Å². The number of hydrogen-bond donors (Lipinski definition) is 0. The molecule has 13 heavy (non-hydrogen) atoms. The Morgan fingerprint density at radius 2 is 2.38 bits per heavy atom. The first-order chi connectivity index (χ1) is 6.22. The van der Waals surface area contributed by atoms with Crippen molar-refractivity contribution in [2.24, 2.45) is 0 Å². The van der Waals surface area contributed by atoms with Gasteiger partial charge in [-0.2, -0.15) is 0 Å². The Morgan fingerprint density at radius 1 is 1.54 bits per heavy atom. The van der Waals surface area contributed by atoms with Gasteiger partial charge >= 0.3 is 7.82 Å². The summed E-state index contributed by atoms with van der Waals surface area (Å²) >= 11 is 0. The Bertz CT molecular complexity index is 286. The van der Waals surface area contributed by atoms with Crippen molar-refractivity contribution in [3.63, 3.8) is 0 Å². The van der Waals surface area contributed by atoms with E-state index < -0.39 is 7.82 Å². The molecule has 0 aromatic heterocycles. The predicted molar refractivity (Wildman–Crippen MR) is 47.3 cm³/mol. The van der Waals surface area contributed by atoms with Crippen LogP contribution in [0.1, 0.15) is 6.42 Å². The summed E-state index contributed by atoms with van der Waals surface area (Å²) in [5.74, 6) is 0. The second-order valence-corrected chi connectivity index (χ2v) is 4.50. The van der Waals surface area contributed by atoms with E-state index in [-0.39, 0.29) is 18.8 Å². The zero-order valence-electron chi connectivity index (χ0n) is 7.09. The Labute approximate surface area is 76.8 Å². The molecule has 0 spiro atoms. The third kappa shape index (κ3) is 1.92. The van der Waals surface area contributed by atoms with Crippen molar-refractivity contribution in [2.45, 2.75) is 18.6 Å². The van der Waals surface area contributed by atoms with E-state index >= 15 is 0 Å². The molecular weight excluding hydrogens is 191 g/mol. The molecule has 0 radical (unpaired) electrons. The van der Waals surface area contributed by atoms with Crippen LogP contribution in [0.25, 0.3) is 0 Å². The molecule has 3 atom stereocenters. The van der Waals surface area contributed by atoms with Gasteiger partial charge in [-0.05, 0) is 0 Å². The average molecular weight is 202 g/mol. The van der Waals surface area contributed by atoms with Crippen molar-refractivity contribution >= 4 is 7.82 Å². The first kappa shape index (κ1) is 9.16. The second-order valence-electron chi connectivity index (χ2n) is 2.93. The SMILES string of the molecule is C=C[C@@H]1C[C@H]2C=CCOP(=O)(O1)O2. The summed E-state index contributed by atoms with van der Waals surface area (Å²) in [6.07, 6.45) is 5.48. The van der Waals surface area contributed by atoms with Gasteiger partial charge in [-0.1, -0.05) is 18.2 Å². The summed E-state index contributed by atoms with van der Waals surface area (Å²) in [5, 5.41) is 0. The molecule has 1 saturated heterocycles. The summed E-state index contributed by atoms with van der Waals surface area (Å²) in [6.45, 7) is 3.87. The molecule has 2 heterocycles. The van der Waals surface area contributed by atoms with Crippen LogP contribution in [0.2, 0.25) is 0 Å². The van der Waals surface area contributed by atoms with E-state index in [1.165, 1.54) is 0 Å². The number of hydrogen-bond acceptors (Lipinski definition) is 4. The van der Waals surface area contributed by atoms with Gasteiger partial charge in [0.25, 0.3) is 0 Å². The van der Waals surface area contributed by atoms with E-state index in [1.54, 1.807) is 12.2 Å². The highest BCUT2D eigenvalue weighted by molar-refractivity contribution is 7.48. The molecule has 1 unspecified atom stereocenters. The van der Waals surface area contributed by atoms with Crippen LogP contribution in [0, 0.1) is 0 Å². The van der Waals surface area contributed by atoms with E-state index in [1.807, 2.05) is 6.08 Å². The first-order valence-corrected chi connectivity index (χ1v) is 5.58. The van der Waals surface area contributed by atoms with Crippen LogP contribution in [-0.4, -0.2) is 18.8 Å². The topological polar surface area (TPSA) is 44.8 Å². The molecule has 2 bridgehead atoms. The van der Waals surface area contributed by atoms with Crippen LogP contribution in [0.4, 0.5) is 0 Å². The number of phosphoric acid groups is 1. The predicted octanol–water partition coefficient (Wildman–Crippen LogP) is 2.04. The van der Waals surface area contributed by atoms with Crippen molar-refractivity contribution in [3.05, 3.63) is 24.8 Å². The van der Waals surface area contributed by atoms with Crippen molar-refractivity contribution < 1.29 is 18.1 Å². The quantitative estimate of drug-likeness (QED) is 0.482. The lowest BCUT2D eigenvalue weighted by molar-refractivity contribution is 0.0318. The van der Waals surface area contributed by atoms with Crippen LogP contribution >= 0.6 is 7.82 Å². The van der Waals surface area contributed by atoms with Crippen LogP contribution in [0.3, 0.4) is 0 Å². The average Bonchev–Trinajstić information content (AvgIpc) is 2.23. The van der Waals surface area contributed by atoms with Gasteiger partial charge in [-0.3, -0.25) is 13.6 Å². The van der Waals surface area contributed by atoms with Crippen LogP contribution < -0.4 is 0 Å². The lowest BCUT2D eigenvalue weighted by Crippen LogP contribution is -2.25. The van der Waals surface area contributed by atoms with Gasteiger partial charge in [0.15, 0.2) is 0 Å². The number of fused-ring (bicyclic) bond motifs is 2. The molecule has 5 heteroatoms. The summed E-state index contributed by atoms with van der Waals surface area (Å²) in [5.41, 5.74) is 0. The molecule has 0 aromatic carbocycles. The Kier molecular flexibility index (Phi) is 2.39. The third-order valence-corrected chi connectivity index (χ3v) is 3.46. The summed E-state index contributed by atoms with van der Waals surface area (Å²) in [7, 11) is -3.31. The van der Waals surface area contributed by atoms with Gasteiger partial charge in [0.2, 0.25) is 0 Å². The van der Waals surface area contributed by atoms with Gasteiger partial charge in [0.05, 0.1) is 18.8 Å². The maximum absolute atomic E-state index is 11.7. The van der Waals surface area contributed by atoms with Crippen molar-refractivity contribution in [3.8, 4) is 0 Å². The standard InChI is InChI=1S/C8H11O4P/c1-2-7-6-8-4-3-5-10-13(9,11-7)12-8/h2-4,7-8H,1,5-6H2/t7-,8-,13?/m1/s1. The normalized spacial score (nSPS) is 44.0. The number of phosphoric ester groups is 1. The highest BCUT2D eigenvalue weighted by Gasteiger charge is 2.39. The summed E-state index contributed by atoms with van der Waals surface area (Å²) < 4.78 is 26.9. The van der Waals surface area contributed by atoms with Gasteiger partial charge < -0.3 is 0 Å². The Morgan fingerprint density at radius 3 is 3.15 bits per heavy atom. The van der Waals surface area contributed by atoms with Crippen LogP contribution in [-0.2, 0) is 18.1 Å². The molecule has 72 valence electrons. The minimum absolute atomic E-state index is 0.176. The molecule has 0 N–H and O–H groups in total. The molecule has 2 aliphatic heterocycles. The Hall–Kier alpha value is -0.410. The molecule has 4 nitrogen and oxygen atoms in total. The van der Waals surface area contributed by atoms with Crippen LogP contribution in [0.15, 0.2) is 24.8 Å². The van der Waals surface area contributed by atoms with Gasteiger partial charge in [0, 0.05) is 6.42 Å². The molecule has 0 aliphatic carbocycles. The van der Waals surface area contributed by atoms with Gasteiger partial charge in [-0.15, -0.1) is 6.58 Å². The molecule has 0 saturated carbocycles. The maximum atomic E-state index is 11.7. The van der Waals surface area contributed by atoms with Crippen molar-refractivity contribution in [1.29, 1.82) is 0 Å². The smallest absolute Gasteiger partial charge is 0.283 e. The largest absolute Gasteiger partial charge is 0.476 e. The lowest BCUT2D eigenvalue weighted by atomic mass is 10.1. The van der Waals surface area contributed by atoms with Crippen molar-refractivity contribution in [2.75, 3.05) is 6.61 Å². The van der Waals surface area contributed by atoms with E-state index in [2.05, 4.69) is 6.58 Å². The van der Waals surface area contributed by atoms with E-state index in [0.29, 0.717) is 6.42 Å². The zero-order valence-corrected chi connectivity index (χ0v) is 7.98. The molecule has 1 fully saturated rings. The molecular formula is C8H11O4P. The van der Waals surface area contributed by atoms with E-state index in [0.717, 1.165) is 0 Å². The van der Waals surface area contributed by atoms with E-state index in [4.69, 9.17) is 13.6 Å². The monoisotopic (exact) mass is 202 g/mol. The fourth-order valence-corrected chi connectivity index (χ4v) is 2.76. The van der Waals surface area contributed by atoms with Crippen LogP contribution in [0.5, 0.6) is 0 Å². The van der Waals surface area contributed by atoms with Gasteiger partial charge in [-0.25, -0.2) is 4.57 Å². The summed E-state index contributed by atoms with van der Waals surface area (Å²) in [6, 6.07) is 0. The first-order valence-electron chi connectivity index (χ1n) is 4.12. The second kappa shape index (κ2) is 3.39. The highest BCUT2D eigenvalue weighted by atomic mass is 31.2.